The summed E-state index contributed by atoms with van der Waals surface area (Å²) >= 11 is 19.3. The molecule has 11 heteroatoms. The van der Waals surface area contributed by atoms with Crippen molar-refractivity contribution in [1.82, 2.24) is 14.6 Å². The number of halogens is 3. The average molecular weight is 460 g/mol. The molecule has 0 fully saturated rings. The maximum Gasteiger partial charge on any atom is 0.264 e. The summed E-state index contributed by atoms with van der Waals surface area (Å²) in [5.41, 5.74) is 1.39. The van der Waals surface area contributed by atoms with E-state index in [-0.39, 0.29) is 10.8 Å². The fourth-order valence-corrected chi connectivity index (χ4v) is 4.79. The van der Waals surface area contributed by atoms with Crippen LogP contribution in [0.4, 0.5) is 5.95 Å². The van der Waals surface area contributed by atoms with Crippen molar-refractivity contribution < 1.29 is 8.42 Å². The SMILES string of the molecule is O=S(=O)(Nc1nc2scc(-c3ccc(Cl)cc3Cl)n2n1)c1ccc(Cl)cc1. The van der Waals surface area contributed by atoms with Gasteiger partial charge >= 0.3 is 0 Å². The third-order valence-electron chi connectivity index (χ3n) is 3.64. The standard InChI is InChI=1S/C16H9Cl3N4O2S2/c17-9-1-4-11(5-2-9)27(24,25)22-15-20-16-23(21-15)14(8-26-16)12-6-3-10(18)7-13(12)19/h1-8H,(H,21,22). The maximum absolute atomic E-state index is 12.5. The van der Waals surface area contributed by atoms with E-state index in [4.69, 9.17) is 34.8 Å². The lowest BCUT2D eigenvalue weighted by Gasteiger charge is -2.04. The van der Waals surface area contributed by atoms with Crippen LogP contribution in [0.25, 0.3) is 16.2 Å². The van der Waals surface area contributed by atoms with Crippen molar-refractivity contribution in [2.45, 2.75) is 4.90 Å². The highest BCUT2D eigenvalue weighted by molar-refractivity contribution is 7.92. The highest BCUT2D eigenvalue weighted by Crippen LogP contribution is 2.33. The molecule has 0 amide bonds. The first-order valence-electron chi connectivity index (χ1n) is 7.41. The van der Waals surface area contributed by atoms with Crippen LogP contribution in [-0.2, 0) is 10.0 Å². The monoisotopic (exact) mass is 458 g/mol. The lowest BCUT2D eigenvalue weighted by Crippen LogP contribution is -2.14. The Hall–Kier alpha value is -1.84. The van der Waals surface area contributed by atoms with Crippen molar-refractivity contribution in [3.8, 4) is 11.3 Å². The number of hydrogen-bond acceptors (Lipinski definition) is 5. The zero-order chi connectivity index (χ0) is 19.2. The van der Waals surface area contributed by atoms with E-state index in [9.17, 15) is 8.42 Å². The molecule has 0 atom stereocenters. The van der Waals surface area contributed by atoms with E-state index >= 15 is 0 Å². The second-order valence-corrected chi connectivity index (χ2v) is 9.23. The molecule has 27 heavy (non-hydrogen) atoms. The first-order chi connectivity index (χ1) is 12.8. The predicted molar refractivity (Wildman–Crippen MR) is 109 cm³/mol. The summed E-state index contributed by atoms with van der Waals surface area (Å²) in [6, 6.07) is 10.9. The highest BCUT2D eigenvalue weighted by Gasteiger charge is 2.19. The van der Waals surface area contributed by atoms with Gasteiger partial charge in [-0.25, -0.2) is 17.7 Å². The normalized spacial score (nSPS) is 11.8. The summed E-state index contributed by atoms with van der Waals surface area (Å²) in [7, 11) is -3.83. The Bertz CT molecular complexity index is 1250. The quantitative estimate of drug-likeness (QED) is 0.454. The van der Waals surface area contributed by atoms with E-state index in [1.807, 2.05) is 5.38 Å². The molecule has 2 aromatic heterocycles. The van der Waals surface area contributed by atoms with Gasteiger partial charge in [0, 0.05) is 21.0 Å². The largest absolute Gasteiger partial charge is 0.264 e. The van der Waals surface area contributed by atoms with E-state index in [0.717, 1.165) is 0 Å². The molecule has 0 aliphatic rings. The third kappa shape index (κ3) is 3.63. The Balaban J connectivity index is 1.71. The van der Waals surface area contributed by atoms with E-state index in [0.29, 0.717) is 31.3 Å². The van der Waals surface area contributed by atoms with Crippen LogP contribution in [0.15, 0.2) is 52.7 Å². The zero-order valence-corrected chi connectivity index (χ0v) is 17.1. The van der Waals surface area contributed by atoms with Gasteiger partial charge in [0.25, 0.3) is 16.0 Å². The van der Waals surface area contributed by atoms with Gasteiger partial charge in [0.05, 0.1) is 15.6 Å². The number of sulfonamides is 1. The Kier molecular flexibility index (Phi) is 4.77. The topological polar surface area (TPSA) is 76.4 Å². The maximum atomic E-state index is 12.5. The van der Waals surface area contributed by atoms with Crippen LogP contribution in [0.3, 0.4) is 0 Å². The van der Waals surface area contributed by atoms with Crippen molar-refractivity contribution in [1.29, 1.82) is 0 Å². The van der Waals surface area contributed by atoms with E-state index in [1.165, 1.54) is 40.1 Å². The molecule has 0 saturated heterocycles. The molecule has 2 heterocycles. The van der Waals surface area contributed by atoms with Gasteiger partial charge in [0.15, 0.2) is 0 Å². The summed E-state index contributed by atoms with van der Waals surface area (Å²) in [6.45, 7) is 0. The molecule has 6 nitrogen and oxygen atoms in total. The molecular formula is C16H9Cl3N4O2S2. The molecule has 0 aliphatic heterocycles. The van der Waals surface area contributed by atoms with Crippen molar-refractivity contribution in [2.75, 3.05) is 4.72 Å². The van der Waals surface area contributed by atoms with Crippen LogP contribution < -0.4 is 4.72 Å². The number of hydrogen-bond donors (Lipinski definition) is 1. The summed E-state index contributed by atoms with van der Waals surface area (Å²) < 4.78 is 28.9. The minimum absolute atomic E-state index is 0.0388. The number of thiazole rings is 1. The van der Waals surface area contributed by atoms with Crippen LogP contribution in [0.5, 0.6) is 0 Å². The van der Waals surface area contributed by atoms with Gasteiger partial charge in [-0.3, -0.25) is 0 Å². The Morgan fingerprint density at radius 2 is 1.70 bits per heavy atom. The number of benzene rings is 2. The van der Waals surface area contributed by atoms with Crippen LogP contribution in [0, 0.1) is 0 Å². The second kappa shape index (κ2) is 6.96. The van der Waals surface area contributed by atoms with Gasteiger partial charge in [0.1, 0.15) is 0 Å². The lowest BCUT2D eigenvalue weighted by molar-refractivity contribution is 0.601. The van der Waals surface area contributed by atoms with E-state index in [1.54, 1.807) is 18.2 Å². The van der Waals surface area contributed by atoms with Gasteiger partial charge < -0.3 is 0 Å². The summed E-state index contributed by atoms with van der Waals surface area (Å²) in [5.74, 6) is -0.0388. The molecule has 0 radical (unpaired) electrons. The molecule has 2 aromatic carbocycles. The number of nitrogens with one attached hydrogen (secondary N) is 1. The van der Waals surface area contributed by atoms with Crippen molar-refractivity contribution in [3.63, 3.8) is 0 Å². The molecule has 0 spiro atoms. The minimum Gasteiger partial charge on any atom is -0.246 e. The van der Waals surface area contributed by atoms with Crippen LogP contribution in [0.2, 0.25) is 15.1 Å². The zero-order valence-electron chi connectivity index (χ0n) is 13.2. The van der Waals surface area contributed by atoms with Gasteiger partial charge in [-0.05, 0) is 42.5 Å². The van der Waals surface area contributed by atoms with Crippen molar-refractivity contribution in [2.24, 2.45) is 0 Å². The molecular weight excluding hydrogens is 451 g/mol. The number of rotatable bonds is 4. The Morgan fingerprint density at radius 3 is 2.41 bits per heavy atom. The molecule has 0 unspecified atom stereocenters. The van der Waals surface area contributed by atoms with Crippen LogP contribution in [0.1, 0.15) is 0 Å². The minimum atomic E-state index is -3.83. The molecule has 0 saturated carbocycles. The third-order valence-corrected chi connectivity index (χ3v) is 6.60. The van der Waals surface area contributed by atoms with Crippen molar-refractivity contribution in [3.05, 3.63) is 62.9 Å². The number of aromatic nitrogens is 3. The molecule has 138 valence electrons. The molecule has 4 aromatic rings. The summed E-state index contributed by atoms with van der Waals surface area (Å²) in [5, 5.41) is 7.51. The first-order valence-corrected chi connectivity index (χ1v) is 10.9. The van der Waals surface area contributed by atoms with Gasteiger partial charge in [-0.15, -0.1) is 16.4 Å². The molecule has 1 N–H and O–H groups in total. The smallest absolute Gasteiger partial charge is 0.246 e. The number of anilines is 1. The number of nitrogens with zero attached hydrogens (tertiary/aromatic N) is 3. The van der Waals surface area contributed by atoms with Crippen molar-refractivity contribution >= 4 is 67.1 Å². The van der Waals surface area contributed by atoms with Gasteiger partial charge in [-0.2, -0.15) is 4.98 Å². The summed E-state index contributed by atoms with van der Waals surface area (Å²) in [4.78, 5) is 4.80. The Morgan fingerprint density at radius 1 is 1.00 bits per heavy atom. The van der Waals surface area contributed by atoms with Crippen LogP contribution >= 0.6 is 46.1 Å². The molecule has 0 bridgehead atoms. The fourth-order valence-electron chi connectivity index (χ4n) is 2.40. The van der Waals surface area contributed by atoms with Crippen LogP contribution in [-0.4, -0.2) is 23.0 Å². The predicted octanol–water partition coefficient (Wildman–Crippen LogP) is 5.22. The average Bonchev–Trinajstić information content (AvgIpc) is 3.15. The van der Waals surface area contributed by atoms with E-state index in [2.05, 4.69) is 14.8 Å². The summed E-state index contributed by atoms with van der Waals surface area (Å²) in [6.07, 6.45) is 0. The molecule has 4 rings (SSSR count). The second-order valence-electron chi connectivity index (χ2n) is 5.43. The van der Waals surface area contributed by atoms with Gasteiger partial charge in [-0.1, -0.05) is 34.8 Å². The lowest BCUT2D eigenvalue weighted by atomic mass is 10.2. The van der Waals surface area contributed by atoms with E-state index < -0.39 is 10.0 Å². The Labute approximate surface area is 173 Å². The van der Waals surface area contributed by atoms with Gasteiger partial charge in [0.2, 0.25) is 4.96 Å². The molecule has 0 aliphatic carbocycles. The number of fused-ring (bicyclic) bond motifs is 1. The fraction of sp³-hybridized carbons (Fsp3) is 0. The highest BCUT2D eigenvalue weighted by atomic mass is 35.5. The first kappa shape index (κ1) is 18.5.